The quantitative estimate of drug-likeness (QED) is 0.379. The lowest BCUT2D eigenvalue weighted by molar-refractivity contribution is -0.0383. The smallest absolute Gasteiger partial charge is 0.410 e. The molecule has 39 heavy (non-hydrogen) atoms. The molecule has 0 aromatic carbocycles. The number of nitrogens with one attached hydrogen (secondary N) is 1. The predicted octanol–water partition coefficient (Wildman–Crippen LogP) is 6.72. The molecule has 4 atom stereocenters. The summed E-state index contributed by atoms with van der Waals surface area (Å²) >= 11 is 1.80. The molecule has 2 saturated heterocycles. The minimum atomic E-state index is -0.461. The Labute approximate surface area is 235 Å². The van der Waals surface area contributed by atoms with E-state index in [1.54, 1.807) is 11.3 Å². The number of nitrogens with zero attached hydrogens (tertiary/aromatic N) is 4. The number of amides is 1. The molecule has 1 saturated carbocycles. The van der Waals surface area contributed by atoms with Gasteiger partial charge in [0.25, 0.3) is 0 Å². The molecule has 210 valence electrons. The van der Waals surface area contributed by atoms with Crippen molar-refractivity contribution in [3.05, 3.63) is 30.0 Å². The third-order valence-electron chi connectivity index (χ3n) is 7.89. The van der Waals surface area contributed by atoms with E-state index in [2.05, 4.69) is 54.1 Å². The van der Waals surface area contributed by atoms with Crippen LogP contribution in [0, 0.1) is 17.8 Å². The van der Waals surface area contributed by atoms with Gasteiger partial charge in [0.1, 0.15) is 11.4 Å². The molecule has 0 spiro atoms. The third-order valence-corrected chi connectivity index (χ3v) is 9.11. The molecule has 1 N–H and O–H groups in total. The maximum atomic E-state index is 12.6. The molecule has 2 unspecified atom stereocenters. The van der Waals surface area contributed by atoms with Crippen molar-refractivity contribution >= 4 is 33.5 Å². The fourth-order valence-corrected chi connectivity index (χ4v) is 7.29. The van der Waals surface area contributed by atoms with Gasteiger partial charge in [-0.3, -0.25) is 0 Å². The lowest BCUT2D eigenvalue weighted by Gasteiger charge is -2.26. The maximum absolute atomic E-state index is 12.6. The van der Waals surface area contributed by atoms with Gasteiger partial charge in [-0.1, -0.05) is 0 Å². The molecule has 8 nitrogen and oxygen atoms in total. The summed E-state index contributed by atoms with van der Waals surface area (Å²) in [4.78, 5) is 20.7. The summed E-state index contributed by atoms with van der Waals surface area (Å²) in [7, 11) is 0. The maximum Gasteiger partial charge on any atom is 0.410 e. The standard InChI is InChI=1S/C30H41N5O3S/c1-29(2,3)33-25-14-18(13-19-20-16-34(17-21(19)20)28(36)38-30(4,5)6)27-22(32-25)15-24(39-27)23-10-11-31-35(23)26-9-7-8-12-37-26/h10-11,14-15,19-21,26H,7-9,12-13,16-17H2,1-6H3,(H,32,33)/t19?,20-,21+,26?. The van der Waals surface area contributed by atoms with Crippen molar-refractivity contribution in [2.75, 3.05) is 25.0 Å². The number of piperidine rings is 1. The van der Waals surface area contributed by atoms with Gasteiger partial charge < -0.3 is 19.7 Å². The van der Waals surface area contributed by atoms with Gasteiger partial charge in [-0.05, 0) is 109 Å². The van der Waals surface area contributed by atoms with Gasteiger partial charge in [0, 0.05) is 31.4 Å². The summed E-state index contributed by atoms with van der Waals surface area (Å²) < 4.78 is 15.0. The van der Waals surface area contributed by atoms with E-state index in [0.717, 1.165) is 56.0 Å². The molecule has 6 rings (SSSR count). The van der Waals surface area contributed by atoms with Gasteiger partial charge in [-0.15, -0.1) is 11.3 Å². The molecule has 2 aliphatic heterocycles. The number of hydrogen-bond donors (Lipinski definition) is 1. The first-order valence-electron chi connectivity index (χ1n) is 14.3. The predicted molar refractivity (Wildman–Crippen MR) is 155 cm³/mol. The average molecular weight is 552 g/mol. The second-order valence-corrected chi connectivity index (χ2v) is 14.5. The lowest BCUT2D eigenvalue weighted by atomic mass is 10.0. The number of aromatic nitrogens is 3. The van der Waals surface area contributed by atoms with E-state index < -0.39 is 5.60 Å². The largest absolute Gasteiger partial charge is 0.444 e. The van der Waals surface area contributed by atoms with Crippen LogP contribution in [0.5, 0.6) is 0 Å². The normalized spacial score (nSPS) is 25.1. The first-order chi connectivity index (χ1) is 18.4. The van der Waals surface area contributed by atoms with Gasteiger partial charge in [0.15, 0.2) is 6.23 Å². The highest BCUT2D eigenvalue weighted by atomic mass is 32.1. The Hall–Kier alpha value is -2.65. The second kappa shape index (κ2) is 9.77. The minimum Gasteiger partial charge on any atom is -0.444 e. The van der Waals surface area contributed by atoms with Gasteiger partial charge in [-0.25, -0.2) is 14.5 Å². The molecular weight excluding hydrogens is 510 g/mol. The SMILES string of the molecule is CC(C)(C)Nc1cc(CC2[C@H]3CN(C(=O)OC(C)(C)C)C[C@@H]23)c2sc(-c3ccnn3C3CCCCO3)cc2n1. The number of rotatable bonds is 5. The summed E-state index contributed by atoms with van der Waals surface area (Å²) in [6.07, 6.45) is 5.97. The van der Waals surface area contributed by atoms with Crippen LogP contribution in [0.15, 0.2) is 24.4 Å². The number of pyridine rings is 1. The second-order valence-electron chi connectivity index (χ2n) is 13.4. The summed E-state index contributed by atoms with van der Waals surface area (Å²) in [5.41, 5.74) is 2.91. The number of likely N-dealkylation sites (tertiary alicyclic amines) is 1. The van der Waals surface area contributed by atoms with Crippen LogP contribution in [0.4, 0.5) is 10.6 Å². The average Bonchev–Trinajstić information content (AvgIpc) is 3.34. The van der Waals surface area contributed by atoms with Crippen LogP contribution in [-0.4, -0.2) is 56.6 Å². The van der Waals surface area contributed by atoms with E-state index >= 15 is 0 Å². The highest BCUT2D eigenvalue weighted by Crippen LogP contribution is 2.54. The summed E-state index contributed by atoms with van der Waals surface area (Å²) in [6.45, 7) is 14.6. The van der Waals surface area contributed by atoms with E-state index in [-0.39, 0.29) is 17.9 Å². The van der Waals surface area contributed by atoms with E-state index in [1.807, 2.05) is 31.9 Å². The van der Waals surface area contributed by atoms with E-state index in [1.165, 1.54) is 21.6 Å². The van der Waals surface area contributed by atoms with Crippen LogP contribution in [0.25, 0.3) is 20.8 Å². The molecule has 3 aromatic rings. The van der Waals surface area contributed by atoms with Crippen molar-refractivity contribution in [2.24, 2.45) is 17.8 Å². The van der Waals surface area contributed by atoms with Gasteiger partial charge in [0.2, 0.25) is 0 Å². The Morgan fingerprint density at radius 1 is 1.15 bits per heavy atom. The molecule has 3 fully saturated rings. The fourth-order valence-electron chi connectivity index (χ4n) is 6.15. The lowest BCUT2D eigenvalue weighted by Crippen LogP contribution is -2.37. The molecule has 3 aromatic heterocycles. The zero-order chi connectivity index (χ0) is 27.5. The third kappa shape index (κ3) is 5.66. The summed E-state index contributed by atoms with van der Waals surface area (Å²) in [6, 6.07) is 6.55. The van der Waals surface area contributed by atoms with Crippen molar-refractivity contribution < 1.29 is 14.3 Å². The Kier molecular flexibility index (Phi) is 6.65. The Morgan fingerprint density at radius 3 is 2.59 bits per heavy atom. The van der Waals surface area contributed by atoms with Crippen molar-refractivity contribution in [1.82, 2.24) is 19.7 Å². The zero-order valence-electron chi connectivity index (χ0n) is 24.0. The first kappa shape index (κ1) is 26.6. The van der Waals surface area contributed by atoms with Gasteiger partial charge >= 0.3 is 6.09 Å². The van der Waals surface area contributed by atoms with Crippen LogP contribution in [0.2, 0.25) is 0 Å². The van der Waals surface area contributed by atoms with Gasteiger partial charge in [0.05, 0.1) is 20.8 Å². The van der Waals surface area contributed by atoms with E-state index in [0.29, 0.717) is 17.8 Å². The fraction of sp³-hybridized carbons (Fsp3) is 0.633. The van der Waals surface area contributed by atoms with Crippen LogP contribution < -0.4 is 5.32 Å². The zero-order valence-corrected chi connectivity index (χ0v) is 24.8. The number of carbonyl (C=O) groups excluding carboxylic acids is 1. The molecule has 5 heterocycles. The van der Waals surface area contributed by atoms with Gasteiger partial charge in [-0.2, -0.15) is 5.10 Å². The number of carbonyl (C=O) groups is 1. The van der Waals surface area contributed by atoms with Crippen molar-refractivity contribution in [2.45, 2.75) is 84.6 Å². The topological polar surface area (TPSA) is 81.5 Å². The number of anilines is 1. The van der Waals surface area contributed by atoms with Crippen LogP contribution >= 0.6 is 11.3 Å². The summed E-state index contributed by atoms with van der Waals surface area (Å²) in [5, 5.41) is 8.23. The molecule has 9 heteroatoms. The number of hydrogen-bond acceptors (Lipinski definition) is 7. The number of thiophene rings is 1. The Balaban J connectivity index is 1.26. The molecule has 3 aliphatic rings. The molecule has 0 radical (unpaired) electrons. The van der Waals surface area contributed by atoms with Crippen molar-refractivity contribution in [1.29, 1.82) is 0 Å². The van der Waals surface area contributed by atoms with E-state index in [4.69, 9.17) is 14.5 Å². The highest BCUT2D eigenvalue weighted by molar-refractivity contribution is 7.22. The van der Waals surface area contributed by atoms with Crippen LogP contribution in [0.1, 0.15) is 72.6 Å². The first-order valence-corrected chi connectivity index (χ1v) is 15.1. The van der Waals surface area contributed by atoms with Crippen LogP contribution in [0.3, 0.4) is 0 Å². The minimum absolute atomic E-state index is 0.00160. The molecule has 0 bridgehead atoms. The van der Waals surface area contributed by atoms with Crippen molar-refractivity contribution in [3.8, 4) is 10.6 Å². The Bertz CT molecular complexity index is 1350. The van der Waals surface area contributed by atoms with E-state index in [9.17, 15) is 4.79 Å². The number of ether oxygens (including phenoxy) is 2. The van der Waals surface area contributed by atoms with Crippen molar-refractivity contribution in [3.63, 3.8) is 0 Å². The molecule has 1 amide bonds. The number of fused-ring (bicyclic) bond motifs is 2. The van der Waals surface area contributed by atoms with Crippen LogP contribution in [-0.2, 0) is 15.9 Å². The molecule has 1 aliphatic carbocycles. The molecular formula is C30H41N5O3S. The summed E-state index contributed by atoms with van der Waals surface area (Å²) in [5.74, 6) is 2.59. The Morgan fingerprint density at radius 2 is 1.92 bits per heavy atom. The highest BCUT2D eigenvalue weighted by Gasteiger charge is 2.56. The monoisotopic (exact) mass is 551 g/mol.